The summed E-state index contributed by atoms with van der Waals surface area (Å²) in [6.07, 6.45) is 0. The molecule has 0 saturated carbocycles. The van der Waals surface area contributed by atoms with E-state index in [1.54, 1.807) is 7.11 Å². The lowest BCUT2D eigenvalue weighted by atomic mass is 10.1. The summed E-state index contributed by atoms with van der Waals surface area (Å²) in [7, 11) is 1.64. The van der Waals surface area contributed by atoms with Crippen molar-refractivity contribution < 1.29 is 9.15 Å². The van der Waals surface area contributed by atoms with Crippen molar-refractivity contribution in [1.29, 1.82) is 0 Å². The van der Waals surface area contributed by atoms with Gasteiger partial charge in [0.1, 0.15) is 17.2 Å². The number of hydrogen-bond acceptors (Lipinski definition) is 4. The molecule has 0 radical (unpaired) electrons. The summed E-state index contributed by atoms with van der Waals surface area (Å²) in [5.74, 6) is 2.28. The van der Waals surface area contributed by atoms with E-state index in [1.165, 1.54) is 0 Å². The first-order valence-corrected chi connectivity index (χ1v) is 5.47. The van der Waals surface area contributed by atoms with E-state index in [4.69, 9.17) is 14.9 Å². The van der Waals surface area contributed by atoms with Crippen LogP contribution >= 0.6 is 0 Å². The second-order valence-electron chi connectivity index (χ2n) is 3.87. The van der Waals surface area contributed by atoms with Crippen LogP contribution in [0.25, 0.3) is 11.3 Å². The molecule has 0 bridgehead atoms. The van der Waals surface area contributed by atoms with Gasteiger partial charge in [0.2, 0.25) is 0 Å². The molecule has 0 aliphatic rings. The largest absolute Gasteiger partial charge is 0.496 e. The van der Waals surface area contributed by atoms with Crippen molar-refractivity contribution in [3.05, 3.63) is 35.4 Å². The molecule has 1 aromatic carbocycles. The zero-order valence-electron chi connectivity index (χ0n) is 10.3. The van der Waals surface area contributed by atoms with E-state index in [1.807, 2.05) is 32.0 Å². The third-order valence-corrected chi connectivity index (χ3v) is 2.68. The van der Waals surface area contributed by atoms with Crippen LogP contribution in [0.4, 0.5) is 0 Å². The van der Waals surface area contributed by atoms with Gasteiger partial charge in [0, 0.05) is 24.6 Å². The van der Waals surface area contributed by atoms with Gasteiger partial charge < -0.3 is 14.9 Å². The molecular weight excluding hydrogens is 216 g/mol. The maximum Gasteiger partial charge on any atom is 0.191 e. The number of benzene rings is 1. The molecule has 1 aromatic heterocycles. The van der Waals surface area contributed by atoms with E-state index in [0.29, 0.717) is 12.4 Å². The molecule has 0 unspecified atom stereocenters. The molecule has 4 nitrogen and oxygen atoms in total. The Kier molecular flexibility index (Phi) is 3.15. The number of rotatable bonds is 3. The highest BCUT2D eigenvalue weighted by Crippen LogP contribution is 2.28. The molecule has 2 rings (SSSR count). The molecule has 0 fully saturated rings. The second kappa shape index (κ2) is 4.59. The van der Waals surface area contributed by atoms with E-state index < -0.39 is 0 Å². The monoisotopic (exact) mass is 232 g/mol. The summed E-state index contributed by atoms with van der Waals surface area (Å²) in [6, 6.07) is 5.85. The highest BCUT2D eigenvalue weighted by atomic mass is 16.5. The SMILES string of the molecule is COc1ccc(-c2nc(C)oc2C)cc1CN. The first-order chi connectivity index (χ1) is 8.15. The Morgan fingerprint density at radius 2 is 2.12 bits per heavy atom. The van der Waals surface area contributed by atoms with E-state index >= 15 is 0 Å². The standard InChI is InChI=1S/C13H16N2O2/c1-8-13(15-9(2)17-8)10-4-5-12(16-3)11(6-10)7-14/h4-6H,7,14H2,1-3H3. The molecular formula is C13H16N2O2. The molecule has 17 heavy (non-hydrogen) atoms. The highest BCUT2D eigenvalue weighted by Gasteiger charge is 2.11. The van der Waals surface area contributed by atoms with E-state index in [9.17, 15) is 0 Å². The van der Waals surface area contributed by atoms with Crippen LogP contribution < -0.4 is 10.5 Å². The molecule has 1 heterocycles. The van der Waals surface area contributed by atoms with Crippen LogP contribution in [0.5, 0.6) is 5.75 Å². The molecule has 2 aromatic rings. The Hall–Kier alpha value is -1.81. The molecule has 0 atom stereocenters. The first kappa shape index (κ1) is 11.7. The quantitative estimate of drug-likeness (QED) is 0.882. The lowest BCUT2D eigenvalue weighted by Crippen LogP contribution is -2.00. The number of oxazole rings is 1. The number of aryl methyl sites for hydroxylation is 2. The minimum absolute atomic E-state index is 0.437. The van der Waals surface area contributed by atoms with Gasteiger partial charge in [-0.2, -0.15) is 0 Å². The van der Waals surface area contributed by atoms with Crippen molar-refractivity contribution in [1.82, 2.24) is 4.98 Å². The molecule has 0 saturated heterocycles. The molecule has 0 amide bonds. The van der Waals surface area contributed by atoms with Crippen LogP contribution in [0.2, 0.25) is 0 Å². The van der Waals surface area contributed by atoms with Crippen LogP contribution in [0, 0.1) is 13.8 Å². The molecule has 0 aliphatic carbocycles. The summed E-state index contributed by atoms with van der Waals surface area (Å²) in [4.78, 5) is 4.36. The van der Waals surface area contributed by atoms with Crippen LogP contribution in [0.15, 0.2) is 22.6 Å². The zero-order valence-corrected chi connectivity index (χ0v) is 10.3. The number of aromatic nitrogens is 1. The molecule has 2 N–H and O–H groups in total. The smallest absolute Gasteiger partial charge is 0.191 e. The summed E-state index contributed by atoms with van der Waals surface area (Å²) < 4.78 is 10.7. The van der Waals surface area contributed by atoms with Crippen molar-refractivity contribution in [2.45, 2.75) is 20.4 Å². The third kappa shape index (κ3) is 2.17. The van der Waals surface area contributed by atoms with Crippen molar-refractivity contribution >= 4 is 0 Å². The van der Waals surface area contributed by atoms with Gasteiger partial charge in [-0.05, 0) is 25.1 Å². The maximum atomic E-state index is 5.69. The van der Waals surface area contributed by atoms with Crippen molar-refractivity contribution in [3.8, 4) is 17.0 Å². The van der Waals surface area contributed by atoms with Gasteiger partial charge in [0.25, 0.3) is 0 Å². The first-order valence-electron chi connectivity index (χ1n) is 5.47. The van der Waals surface area contributed by atoms with Crippen molar-refractivity contribution in [3.63, 3.8) is 0 Å². The fourth-order valence-electron chi connectivity index (χ4n) is 1.88. The average molecular weight is 232 g/mol. The van der Waals surface area contributed by atoms with E-state index in [-0.39, 0.29) is 0 Å². The van der Waals surface area contributed by atoms with Gasteiger partial charge in [-0.15, -0.1) is 0 Å². The summed E-state index contributed by atoms with van der Waals surface area (Å²) in [5, 5.41) is 0. The van der Waals surface area contributed by atoms with E-state index in [0.717, 1.165) is 28.3 Å². The second-order valence-corrected chi connectivity index (χ2v) is 3.87. The zero-order chi connectivity index (χ0) is 12.4. The summed E-state index contributed by atoms with van der Waals surface area (Å²) in [5.41, 5.74) is 8.52. The fraction of sp³-hybridized carbons (Fsp3) is 0.308. The van der Waals surface area contributed by atoms with Crippen molar-refractivity contribution in [2.75, 3.05) is 7.11 Å². The van der Waals surface area contributed by atoms with Gasteiger partial charge >= 0.3 is 0 Å². The van der Waals surface area contributed by atoms with Crippen LogP contribution in [0.1, 0.15) is 17.2 Å². The normalized spacial score (nSPS) is 10.6. The summed E-state index contributed by atoms with van der Waals surface area (Å²) in [6.45, 7) is 4.18. The molecule has 0 aliphatic heterocycles. The van der Waals surface area contributed by atoms with Gasteiger partial charge in [-0.3, -0.25) is 0 Å². The topological polar surface area (TPSA) is 61.3 Å². The van der Waals surface area contributed by atoms with Crippen molar-refractivity contribution in [2.24, 2.45) is 5.73 Å². The Morgan fingerprint density at radius 1 is 1.35 bits per heavy atom. The minimum atomic E-state index is 0.437. The molecule has 4 heteroatoms. The van der Waals surface area contributed by atoms with Crippen LogP contribution in [0.3, 0.4) is 0 Å². The predicted octanol–water partition coefficient (Wildman–Crippen LogP) is 2.43. The Bertz CT molecular complexity index is 532. The average Bonchev–Trinajstić information content (AvgIpc) is 2.67. The van der Waals surface area contributed by atoms with Crippen LogP contribution in [-0.2, 0) is 6.54 Å². The lowest BCUT2D eigenvalue weighted by molar-refractivity contribution is 0.410. The highest BCUT2D eigenvalue weighted by molar-refractivity contribution is 5.63. The molecule has 90 valence electrons. The van der Waals surface area contributed by atoms with E-state index in [2.05, 4.69) is 4.98 Å². The Balaban J connectivity index is 2.50. The van der Waals surface area contributed by atoms with Crippen LogP contribution in [-0.4, -0.2) is 12.1 Å². The number of methoxy groups -OCH3 is 1. The molecule has 0 spiro atoms. The minimum Gasteiger partial charge on any atom is -0.496 e. The number of nitrogens with two attached hydrogens (primary N) is 1. The number of nitrogens with zero attached hydrogens (tertiary/aromatic N) is 1. The number of ether oxygens (including phenoxy) is 1. The van der Waals surface area contributed by atoms with Gasteiger partial charge in [0.05, 0.1) is 7.11 Å². The maximum absolute atomic E-state index is 5.69. The number of hydrogen-bond donors (Lipinski definition) is 1. The Labute approximate surface area is 100 Å². The predicted molar refractivity (Wildman–Crippen MR) is 65.9 cm³/mol. The van der Waals surface area contributed by atoms with Gasteiger partial charge in [0.15, 0.2) is 5.89 Å². The van der Waals surface area contributed by atoms with Gasteiger partial charge in [-0.25, -0.2) is 4.98 Å². The summed E-state index contributed by atoms with van der Waals surface area (Å²) >= 11 is 0. The van der Waals surface area contributed by atoms with Gasteiger partial charge in [-0.1, -0.05) is 0 Å². The Morgan fingerprint density at radius 3 is 2.65 bits per heavy atom. The fourth-order valence-corrected chi connectivity index (χ4v) is 1.88. The third-order valence-electron chi connectivity index (χ3n) is 2.68. The lowest BCUT2D eigenvalue weighted by Gasteiger charge is -2.08.